The zero-order chi connectivity index (χ0) is 49.4. The summed E-state index contributed by atoms with van der Waals surface area (Å²) in [6, 6.07) is -0.853. The summed E-state index contributed by atoms with van der Waals surface area (Å²) >= 11 is 0. The van der Waals surface area contributed by atoms with Crippen LogP contribution in [0.5, 0.6) is 0 Å². The number of carbonyl (C=O) groups excluding carboxylic acids is 2. The van der Waals surface area contributed by atoms with E-state index in [1.54, 1.807) is 0 Å². The number of nitrogens with one attached hydrogen (secondary N) is 1. The molecule has 0 spiro atoms. The zero-order valence-corrected chi connectivity index (χ0v) is 45.5. The maximum Gasteiger partial charge on any atom is 0.472 e. The normalized spacial score (nSPS) is 14.2. The number of quaternary nitrogens is 1. The summed E-state index contributed by atoms with van der Waals surface area (Å²) in [5.74, 6) is -0.523. The van der Waals surface area contributed by atoms with Gasteiger partial charge in [-0.2, -0.15) is 0 Å². The Kier molecular flexibility index (Phi) is 46.2. The van der Waals surface area contributed by atoms with Gasteiger partial charge in [0, 0.05) is 12.8 Å². The molecular formula is C57H108N2O7P+. The summed E-state index contributed by atoms with van der Waals surface area (Å²) in [6.45, 7) is 6.94. The Morgan fingerprint density at radius 1 is 0.522 bits per heavy atom. The van der Waals surface area contributed by atoms with E-state index in [-0.39, 0.29) is 31.5 Å². The molecule has 0 bridgehead atoms. The lowest BCUT2D eigenvalue weighted by molar-refractivity contribution is -0.870. The van der Waals surface area contributed by atoms with Crippen LogP contribution in [0.15, 0.2) is 48.6 Å². The summed E-state index contributed by atoms with van der Waals surface area (Å²) in [5, 5.41) is 3.04. The quantitative estimate of drug-likeness (QED) is 0.0205. The van der Waals surface area contributed by atoms with E-state index >= 15 is 0 Å². The number of nitrogens with zero attached hydrogens (tertiary/aromatic N) is 1. The van der Waals surface area contributed by atoms with Gasteiger partial charge in [-0.15, -0.1) is 0 Å². The highest BCUT2D eigenvalue weighted by Gasteiger charge is 2.30. The second-order valence-electron chi connectivity index (χ2n) is 20.1. The van der Waals surface area contributed by atoms with Crippen molar-refractivity contribution in [3.05, 3.63) is 48.6 Å². The number of phosphoric acid groups is 1. The van der Waals surface area contributed by atoms with Crippen LogP contribution < -0.4 is 5.32 Å². The van der Waals surface area contributed by atoms with E-state index in [9.17, 15) is 19.0 Å². The van der Waals surface area contributed by atoms with E-state index in [1.807, 2.05) is 33.3 Å². The van der Waals surface area contributed by atoms with Crippen molar-refractivity contribution in [1.29, 1.82) is 0 Å². The van der Waals surface area contributed by atoms with Crippen LogP contribution >= 0.6 is 7.82 Å². The lowest BCUT2D eigenvalue weighted by atomic mass is 10.0. The molecule has 0 aromatic heterocycles. The van der Waals surface area contributed by atoms with Gasteiger partial charge < -0.3 is 19.4 Å². The molecule has 67 heavy (non-hydrogen) atoms. The number of allylic oxidation sites excluding steroid dienone is 7. The molecule has 3 atom stereocenters. The highest BCUT2D eigenvalue weighted by atomic mass is 31.2. The molecule has 392 valence electrons. The van der Waals surface area contributed by atoms with Crippen LogP contribution in [0.1, 0.15) is 252 Å². The second kappa shape index (κ2) is 47.6. The van der Waals surface area contributed by atoms with Gasteiger partial charge in [0.1, 0.15) is 19.3 Å². The van der Waals surface area contributed by atoms with Gasteiger partial charge >= 0.3 is 13.8 Å². The number of hydrogen-bond donors (Lipinski definition) is 2. The van der Waals surface area contributed by atoms with Crippen molar-refractivity contribution in [2.24, 2.45) is 0 Å². The van der Waals surface area contributed by atoms with Crippen molar-refractivity contribution in [3.63, 3.8) is 0 Å². The van der Waals surface area contributed by atoms with Crippen LogP contribution in [-0.4, -0.2) is 74.3 Å². The molecule has 0 rings (SSSR count). The van der Waals surface area contributed by atoms with E-state index in [0.717, 1.165) is 103 Å². The van der Waals surface area contributed by atoms with Crippen molar-refractivity contribution in [1.82, 2.24) is 5.32 Å². The van der Waals surface area contributed by atoms with Crippen molar-refractivity contribution in [3.8, 4) is 0 Å². The molecule has 0 aliphatic carbocycles. The summed E-state index contributed by atoms with van der Waals surface area (Å²) in [7, 11) is 1.49. The van der Waals surface area contributed by atoms with E-state index in [0.29, 0.717) is 17.4 Å². The zero-order valence-electron chi connectivity index (χ0n) is 44.6. The van der Waals surface area contributed by atoms with Crippen molar-refractivity contribution >= 4 is 19.7 Å². The van der Waals surface area contributed by atoms with Crippen LogP contribution in [0.3, 0.4) is 0 Å². The molecule has 1 amide bonds. The summed E-state index contributed by atoms with van der Waals surface area (Å²) in [5.41, 5.74) is 0. The number of carbonyl (C=O) groups is 2. The fraction of sp³-hybridized carbons (Fsp3) is 0.825. The molecule has 2 N–H and O–H groups in total. The lowest BCUT2D eigenvalue weighted by Crippen LogP contribution is -2.47. The number of unbranched alkanes of at least 4 members (excludes halogenated alkanes) is 28. The van der Waals surface area contributed by atoms with Gasteiger partial charge in [-0.05, 0) is 83.1 Å². The summed E-state index contributed by atoms with van der Waals surface area (Å²) < 4.78 is 30.6. The van der Waals surface area contributed by atoms with Crippen LogP contribution in [-0.2, 0) is 27.9 Å². The Morgan fingerprint density at radius 2 is 0.925 bits per heavy atom. The number of likely N-dealkylation sites (N-methyl/N-ethyl adjacent to an activating group) is 1. The monoisotopic (exact) mass is 964 g/mol. The number of amides is 1. The maximum absolute atomic E-state index is 13.5. The molecule has 0 aromatic carbocycles. The minimum absolute atomic E-state index is 0.0371. The fourth-order valence-electron chi connectivity index (χ4n) is 7.83. The Morgan fingerprint density at radius 3 is 1.43 bits per heavy atom. The van der Waals surface area contributed by atoms with Gasteiger partial charge in [0.05, 0.1) is 33.8 Å². The predicted octanol–water partition coefficient (Wildman–Crippen LogP) is 16.6. The van der Waals surface area contributed by atoms with E-state index < -0.39 is 20.0 Å². The molecule has 9 nitrogen and oxygen atoms in total. The molecule has 0 aliphatic heterocycles. The topological polar surface area (TPSA) is 111 Å². The molecule has 0 saturated carbocycles. The smallest absolute Gasteiger partial charge is 0.456 e. The van der Waals surface area contributed by atoms with E-state index in [4.69, 9.17) is 13.8 Å². The van der Waals surface area contributed by atoms with E-state index in [2.05, 4.69) is 62.5 Å². The molecule has 0 saturated heterocycles. The number of phosphoric ester groups is 1. The van der Waals surface area contributed by atoms with Gasteiger partial charge in [-0.3, -0.25) is 18.6 Å². The number of esters is 1. The largest absolute Gasteiger partial charge is 0.472 e. The van der Waals surface area contributed by atoms with Gasteiger partial charge in [-0.1, -0.05) is 205 Å². The highest BCUT2D eigenvalue weighted by Crippen LogP contribution is 2.43. The van der Waals surface area contributed by atoms with Crippen LogP contribution in [0.25, 0.3) is 0 Å². The SMILES string of the molecule is CCCC/C=C\CCCCCCCC(=O)OC(/C=C/CCCCCCCCCCCCC)C(COP(=O)(O)OCC[N+](C)(C)C)NC(=O)CCCCCCCCC/C=C\C/C=C\CCCCC. The van der Waals surface area contributed by atoms with Gasteiger partial charge in [0.2, 0.25) is 5.91 Å². The van der Waals surface area contributed by atoms with Crippen molar-refractivity contribution < 1.29 is 37.3 Å². The second-order valence-corrected chi connectivity index (χ2v) is 21.6. The third kappa shape index (κ3) is 48.8. The lowest BCUT2D eigenvalue weighted by Gasteiger charge is -2.27. The van der Waals surface area contributed by atoms with Crippen molar-refractivity contribution in [2.45, 2.75) is 264 Å². The van der Waals surface area contributed by atoms with E-state index in [1.165, 1.54) is 116 Å². The first-order chi connectivity index (χ1) is 32.4. The van der Waals surface area contributed by atoms with Crippen LogP contribution in [0.2, 0.25) is 0 Å². The maximum atomic E-state index is 13.5. The molecule has 0 heterocycles. The van der Waals surface area contributed by atoms with Gasteiger partial charge in [0.15, 0.2) is 0 Å². The minimum atomic E-state index is -4.44. The molecular weight excluding hydrogens is 856 g/mol. The highest BCUT2D eigenvalue weighted by molar-refractivity contribution is 7.47. The molecule has 3 unspecified atom stereocenters. The average molecular weight is 964 g/mol. The third-order valence-electron chi connectivity index (χ3n) is 12.2. The molecule has 0 radical (unpaired) electrons. The molecule has 0 aliphatic rings. The Labute approximate surface area is 414 Å². The fourth-order valence-corrected chi connectivity index (χ4v) is 8.57. The molecule has 0 aromatic rings. The number of ether oxygens (including phenoxy) is 1. The predicted molar refractivity (Wildman–Crippen MR) is 286 cm³/mol. The van der Waals surface area contributed by atoms with Crippen molar-refractivity contribution in [2.75, 3.05) is 40.9 Å². The summed E-state index contributed by atoms with van der Waals surface area (Å²) in [6.07, 6.45) is 56.7. The number of hydrogen-bond acceptors (Lipinski definition) is 6. The first kappa shape index (κ1) is 65.0. The van der Waals surface area contributed by atoms with Gasteiger partial charge in [0.25, 0.3) is 0 Å². The Hall–Kier alpha value is -2.03. The molecule has 10 heteroatoms. The Balaban J connectivity index is 5.38. The summed E-state index contributed by atoms with van der Waals surface area (Å²) in [4.78, 5) is 37.5. The average Bonchev–Trinajstić information content (AvgIpc) is 3.28. The first-order valence-electron chi connectivity index (χ1n) is 28.0. The minimum Gasteiger partial charge on any atom is -0.456 e. The van der Waals surface area contributed by atoms with Gasteiger partial charge in [-0.25, -0.2) is 4.57 Å². The van der Waals surface area contributed by atoms with Crippen LogP contribution in [0.4, 0.5) is 0 Å². The standard InChI is InChI=1S/C57H107N2O7P/c1-7-10-13-16-19-22-25-27-28-29-30-32-35-37-40-43-46-49-56(60)58-54(53-65-67(62,63)64-52-51-59(4,5)6)55(48-45-42-39-36-34-31-26-23-20-17-14-11-8-2)66-57(61)50-47-44-41-38-33-24-21-18-15-12-9-3/h18-19,21-22,27-28,45,48,54-55H,7-17,20,23-26,29-44,46-47,49-53H2,1-6H3,(H-,58,60,62,63)/p+1/b21-18-,22-19-,28-27-,48-45+. The third-order valence-corrected chi connectivity index (χ3v) is 13.2. The molecule has 0 fully saturated rings. The first-order valence-corrected chi connectivity index (χ1v) is 29.5. The Bertz CT molecular complexity index is 1290. The van der Waals surface area contributed by atoms with Crippen LogP contribution in [0, 0.1) is 0 Å². The number of rotatable bonds is 50.